The molecule has 0 spiro atoms. The van der Waals surface area contributed by atoms with Gasteiger partial charge in [-0.2, -0.15) is 5.10 Å². The molecule has 3 nitrogen and oxygen atoms in total. The number of aryl methyl sites for hydroxylation is 2. The lowest BCUT2D eigenvalue weighted by atomic mass is 10.1. The van der Waals surface area contributed by atoms with Gasteiger partial charge in [0, 0.05) is 13.5 Å². The highest BCUT2D eigenvalue weighted by atomic mass is 15.3. The van der Waals surface area contributed by atoms with E-state index in [0.717, 1.165) is 17.8 Å². The van der Waals surface area contributed by atoms with Gasteiger partial charge in [0.05, 0.1) is 11.4 Å². The van der Waals surface area contributed by atoms with E-state index < -0.39 is 0 Å². The van der Waals surface area contributed by atoms with Crippen LogP contribution in [-0.2, 0) is 7.05 Å². The van der Waals surface area contributed by atoms with Gasteiger partial charge in [0.25, 0.3) is 0 Å². The second kappa shape index (κ2) is 6.22. The zero-order chi connectivity index (χ0) is 12.0. The number of rotatable bonds is 4. The van der Waals surface area contributed by atoms with E-state index in [1.54, 1.807) is 4.68 Å². The molecule has 88 valence electrons. The molecule has 2 N–H and O–H groups in total. The minimum absolute atomic E-state index is 0.712. The van der Waals surface area contributed by atoms with Crippen molar-refractivity contribution < 1.29 is 0 Å². The van der Waals surface area contributed by atoms with Crippen LogP contribution >= 0.6 is 0 Å². The van der Waals surface area contributed by atoms with E-state index in [-0.39, 0.29) is 0 Å². The van der Waals surface area contributed by atoms with Crippen molar-refractivity contribution >= 4 is 5.69 Å². The first kappa shape index (κ1) is 12.6. The van der Waals surface area contributed by atoms with Gasteiger partial charge in [0.2, 0.25) is 0 Å². The molecular weight excluding hydrogens is 198 g/mol. The Balaban J connectivity index is 2.50. The Kier molecular flexibility index (Phi) is 4.91. The monoisotopic (exact) mass is 219 g/mol. The van der Waals surface area contributed by atoms with Crippen molar-refractivity contribution in [2.75, 3.05) is 5.73 Å². The molecule has 0 aromatic carbocycles. The highest BCUT2D eigenvalue weighted by Gasteiger charge is 2.06. The zero-order valence-electron chi connectivity index (χ0n) is 10.5. The molecule has 1 heterocycles. The fourth-order valence-corrected chi connectivity index (χ4v) is 1.61. The molecule has 0 atom stereocenters. The van der Waals surface area contributed by atoms with Crippen molar-refractivity contribution in [2.24, 2.45) is 7.05 Å². The second-order valence-corrected chi connectivity index (χ2v) is 4.08. The number of nitrogens with two attached hydrogens (primary N) is 1. The Labute approximate surface area is 98.0 Å². The molecule has 0 saturated heterocycles. The molecule has 0 bridgehead atoms. The van der Waals surface area contributed by atoms with Crippen molar-refractivity contribution in [3.8, 4) is 11.8 Å². The fraction of sp³-hybridized carbons (Fsp3) is 0.615. The van der Waals surface area contributed by atoms with Crippen LogP contribution in [0.15, 0.2) is 0 Å². The lowest BCUT2D eigenvalue weighted by molar-refractivity contribution is 0.679. The van der Waals surface area contributed by atoms with Crippen molar-refractivity contribution in [1.82, 2.24) is 9.78 Å². The van der Waals surface area contributed by atoms with Crippen LogP contribution < -0.4 is 5.73 Å². The van der Waals surface area contributed by atoms with Gasteiger partial charge >= 0.3 is 0 Å². The Morgan fingerprint density at radius 3 is 2.62 bits per heavy atom. The zero-order valence-corrected chi connectivity index (χ0v) is 10.5. The number of hydrogen-bond acceptors (Lipinski definition) is 2. The third-order valence-electron chi connectivity index (χ3n) is 2.63. The van der Waals surface area contributed by atoms with Gasteiger partial charge in [-0.3, -0.25) is 4.68 Å². The van der Waals surface area contributed by atoms with Crippen LogP contribution in [0.4, 0.5) is 5.69 Å². The Morgan fingerprint density at radius 2 is 2.06 bits per heavy atom. The maximum absolute atomic E-state index is 5.88. The second-order valence-electron chi connectivity index (χ2n) is 4.08. The van der Waals surface area contributed by atoms with E-state index in [4.69, 9.17) is 5.73 Å². The molecule has 0 saturated carbocycles. The van der Waals surface area contributed by atoms with E-state index >= 15 is 0 Å². The number of nitrogens with zero attached hydrogens (tertiary/aromatic N) is 2. The number of hydrogen-bond donors (Lipinski definition) is 1. The average Bonchev–Trinajstić information content (AvgIpc) is 2.49. The molecule has 0 aliphatic heterocycles. The third-order valence-corrected chi connectivity index (χ3v) is 2.63. The first-order valence-corrected chi connectivity index (χ1v) is 5.94. The summed E-state index contributed by atoms with van der Waals surface area (Å²) in [6, 6.07) is 0. The van der Waals surface area contributed by atoms with Crippen molar-refractivity contribution in [1.29, 1.82) is 0 Å². The number of anilines is 1. The first-order valence-electron chi connectivity index (χ1n) is 5.94. The summed E-state index contributed by atoms with van der Waals surface area (Å²) < 4.78 is 1.75. The lowest BCUT2D eigenvalue weighted by Crippen LogP contribution is -1.95. The summed E-state index contributed by atoms with van der Waals surface area (Å²) in [4.78, 5) is 0. The maximum atomic E-state index is 5.88. The van der Waals surface area contributed by atoms with Crippen LogP contribution in [0.25, 0.3) is 0 Å². The molecule has 16 heavy (non-hydrogen) atoms. The minimum Gasteiger partial charge on any atom is -0.395 e. The Morgan fingerprint density at radius 1 is 1.31 bits per heavy atom. The lowest BCUT2D eigenvalue weighted by Gasteiger charge is -1.94. The van der Waals surface area contributed by atoms with E-state index in [1.165, 1.54) is 25.7 Å². The van der Waals surface area contributed by atoms with E-state index in [1.807, 2.05) is 14.0 Å². The Hall–Kier alpha value is -1.43. The molecule has 1 rings (SSSR count). The molecule has 0 aliphatic rings. The van der Waals surface area contributed by atoms with E-state index in [9.17, 15) is 0 Å². The van der Waals surface area contributed by atoms with Crippen LogP contribution in [0.2, 0.25) is 0 Å². The fourth-order valence-electron chi connectivity index (χ4n) is 1.61. The molecular formula is C13H21N3. The number of nitrogen functional groups attached to an aromatic ring is 1. The summed E-state index contributed by atoms with van der Waals surface area (Å²) in [5.41, 5.74) is 8.29. The minimum atomic E-state index is 0.712. The highest BCUT2D eigenvalue weighted by Crippen LogP contribution is 2.13. The van der Waals surface area contributed by atoms with Gasteiger partial charge in [0.1, 0.15) is 5.69 Å². The standard InChI is InChI=1S/C13H21N3/c1-4-5-6-7-8-9-10-12-13(14)11(2)15-16(12)3/h4-8,14H2,1-3H3. The molecule has 1 aromatic rings. The summed E-state index contributed by atoms with van der Waals surface area (Å²) >= 11 is 0. The summed E-state index contributed by atoms with van der Waals surface area (Å²) in [5, 5.41) is 4.23. The average molecular weight is 219 g/mol. The van der Waals surface area contributed by atoms with Crippen LogP contribution in [0.5, 0.6) is 0 Å². The molecule has 0 radical (unpaired) electrons. The van der Waals surface area contributed by atoms with Crippen LogP contribution in [0, 0.1) is 18.8 Å². The van der Waals surface area contributed by atoms with E-state index in [2.05, 4.69) is 23.9 Å². The quantitative estimate of drug-likeness (QED) is 0.625. The van der Waals surface area contributed by atoms with Gasteiger partial charge in [-0.05, 0) is 19.3 Å². The molecule has 3 heteroatoms. The third kappa shape index (κ3) is 3.30. The smallest absolute Gasteiger partial charge is 0.134 e. The molecule has 0 aliphatic carbocycles. The SMILES string of the molecule is CCCCCCC#Cc1c(N)c(C)nn1C. The van der Waals surface area contributed by atoms with Crippen LogP contribution in [0.3, 0.4) is 0 Å². The van der Waals surface area contributed by atoms with Crippen LogP contribution in [0.1, 0.15) is 50.4 Å². The topological polar surface area (TPSA) is 43.8 Å². The van der Waals surface area contributed by atoms with Gasteiger partial charge in [-0.25, -0.2) is 0 Å². The van der Waals surface area contributed by atoms with E-state index in [0.29, 0.717) is 5.69 Å². The number of aromatic nitrogens is 2. The summed E-state index contributed by atoms with van der Waals surface area (Å²) in [7, 11) is 1.88. The van der Waals surface area contributed by atoms with Crippen LogP contribution in [-0.4, -0.2) is 9.78 Å². The number of unbranched alkanes of at least 4 members (excludes halogenated alkanes) is 4. The van der Waals surface area contributed by atoms with Crippen molar-refractivity contribution in [3.63, 3.8) is 0 Å². The molecule has 0 amide bonds. The van der Waals surface area contributed by atoms with Crippen molar-refractivity contribution in [2.45, 2.75) is 46.0 Å². The van der Waals surface area contributed by atoms with Gasteiger partial charge < -0.3 is 5.73 Å². The maximum Gasteiger partial charge on any atom is 0.134 e. The van der Waals surface area contributed by atoms with Gasteiger partial charge in [0.15, 0.2) is 0 Å². The predicted octanol–water partition coefficient (Wildman–Crippen LogP) is 2.63. The normalized spacial score (nSPS) is 9.94. The summed E-state index contributed by atoms with van der Waals surface area (Å²) in [6.45, 7) is 4.12. The van der Waals surface area contributed by atoms with Crippen molar-refractivity contribution in [3.05, 3.63) is 11.4 Å². The highest BCUT2D eigenvalue weighted by molar-refractivity contribution is 5.55. The predicted molar refractivity (Wildman–Crippen MR) is 68.0 cm³/mol. The largest absolute Gasteiger partial charge is 0.395 e. The molecule has 0 fully saturated rings. The van der Waals surface area contributed by atoms with Gasteiger partial charge in [-0.1, -0.05) is 32.1 Å². The molecule has 1 aromatic heterocycles. The van der Waals surface area contributed by atoms with Gasteiger partial charge in [-0.15, -0.1) is 0 Å². The Bertz CT molecular complexity index is 393. The summed E-state index contributed by atoms with van der Waals surface area (Å²) in [6.07, 6.45) is 5.96. The summed E-state index contributed by atoms with van der Waals surface area (Å²) in [5.74, 6) is 6.27. The first-order chi connectivity index (χ1) is 7.66. The molecule has 0 unspecified atom stereocenters.